The average Bonchev–Trinajstić information content (AvgIpc) is 2.81. The van der Waals surface area contributed by atoms with E-state index in [9.17, 15) is 15.0 Å². The van der Waals surface area contributed by atoms with Gasteiger partial charge < -0.3 is 20.7 Å². The van der Waals surface area contributed by atoms with Crippen LogP contribution in [-0.2, 0) is 25.7 Å². The minimum atomic E-state index is -0.519. The second-order valence-electron chi connectivity index (χ2n) is 8.55. The van der Waals surface area contributed by atoms with Gasteiger partial charge in [-0.15, -0.1) is 0 Å². The molecule has 0 aliphatic heterocycles. The topological polar surface area (TPSA) is 105 Å². The molecule has 2 aliphatic carbocycles. The molecule has 6 nitrogen and oxygen atoms in total. The van der Waals surface area contributed by atoms with E-state index in [1.807, 2.05) is 48.5 Å². The summed E-state index contributed by atoms with van der Waals surface area (Å²) in [4.78, 5) is 12.0. The molecule has 5 N–H and O–H groups in total. The Morgan fingerprint density at radius 3 is 2.12 bits per heavy atom. The number of para-hydroxylation sites is 1. The van der Waals surface area contributed by atoms with E-state index < -0.39 is 6.09 Å². The molecule has 0 heterocycles. The van der Waals surface area contributed by atoms with Crippen LogP contribution in [0.25, 0.3) is 0 Å². The van der Waals surface area contributed by atoms with Crippen molar-refractivity contribution in [2.24, 2.45) is 0 Å². The molecule has 0 aromatic heterocycles. The van der Waals surface area contributed by atoms with Gasteiger partial charge in [0.25, 0.3) is 0 Å². The lowest BCUT2D eigenvalue weighted by molar-refractivity contribution is 0.158. The standard InChI is InChI=1S/C17H17NO3.C10H13NO/c19-13-10-9-12-5-4-8-16(15(12)11-13)18-17(20)21-14-6-2-1-3-7-14;11-10-3-1-2-7-4-5-8(12)6-9(7)10/h1-8,13,19H,9-11H2,(H,18,20);1-3,8,12H,4-6,11H2. The average molecular weight is 447 g/mol. The molecule has 2 aliphatic rings. The number of benzene rings is 3. The first-order chi connectivity index (χ1) is 16.0. The van der Waals surface area contributed by atoms with Crippen molar-refractivity contribution >= 4 is 17.5 Å². The Hall–Kier alpha value is -3.35. The summed E-state index contributed by atoms with van der Waals surface area (Å²) in [6.07, 6.45) is 3.67. The molecule has 2 atom stereocenters. The number of hydrogen-bond acceptors (Lipinski definition) is 5. The Balaban J connectivity index is 0.000000183. The van der Waals surface area contributed by atoms with Gasteiger partial charge in [0.05, 0.1) is 12.2 Å². The van der Waals surface area contributed by atoms with Crippen molar-refractivity contribution in [3.63, 3.8) is 0 Å². The number of ether oxygens (including phenoxy) is 1. The van der Waals surface area contributed by atoms with Crippen LogP contribution in [0.5, 0.6) is 5.75 Å². The zero-order valence-corrected chi connectivity index (χ0v) is 18.5. The summed E-state index contributed by atoms with van der Waals surface area (Å²) in [6.45, 7) is 0. The van der Waals surface area contributed by atoms with Gasteiger partial charge in [0.15, 0.2) is 0 Å². The van der Waals surface area contributed by atoms with Gasteiger partial charge in [0.2, 0.25) is 0 Å². The third-order valence-electron chi connectivity index (χ3n) is 6.15. The first-order valence-electron chi connectivity index (χ1n) is 11.4. The van der Waals surface area contributed by atoms with Crippen molar-refractivity contribution in [1.82, 2.24) is 0 Å². The van der Waals surface area contributed by atoms with Crippen LogP contribution >= 0.6 is 0 Å². The van der Waals surface area contributed by atoms with Crippen LogP contribution in [0, 0.1) is 0 Å². The van der Waals surface area contributed by atoms with Crippen LogP contribution in [0.1, 0.15) is 35.1 Å². The molecule has 172 valence electrons. The monoisotopic (exact) mass is 446 g/mol. The Bertz CT molecular complexity index is 1100. The number of nitrogens with one attached hydrogen (secondary N) is 1. The van der Waals surface area contributed by atoms with E-state index in [1.54, 1.807) is 12.1 Å². The molecule has 0 fully saturated rings. The highest BCUT2D eigenvalue weighted by molar-refractivity contribution is 5.87. The number of rotatable bonds is 2. The smallest absolute Gasteiger partial charge is 0.410 e. The third-order valence-corrected chi connectivity index (χ3v) is 6.15. The lowest BCUT2D eigenvalue weighted by atomic mass is 9.88. The van der Waals surface area contributed by atoms with E-state index in [1.165, 1.54) is 11.1 Å². The summed E-state index contributed by atoms with van der Waals surface area (Å²) in [5.41, 5.74) is 12.0. The van der Waals surface area contributed by atoms with Crippen molar-refractivity contribution < 1.29 is 19.7 Å². The summed E-state index contributed by atoms with van der Waals surface area (Å²) in [5.74, 6) is 0.500. The molecule has 3 aromatic rings. The van der Waals surface area contributed by atoms with Gasteiger partial charge in [0.1, 0.15) is 5.75 Å². The minimum Gasteiger partial charge on any atom is -0.410 e. The summed E-state index contributed by atoms with van der Waals surface area (Å²) in [6, 6.07) is 20.7. The molecule has 0 saturated heterocycles. The van der Waals surface area contributed by atoms with Gasteiger partial charge in [0, 0.05) is 24.2 Å². The summed E-state index contributed by atoms with van der Waals surface area (Å²) < 4.78 is 5.22. The molecular formula is C27H30N2O4. The Morgan fingerprint density at radius 2 is 1.42 bits per heavy atom. The van der Waals surface area contributed by atoms with Crippen LogP contribution in [0.4, 0.5) is 16.2 Å². The molecule has 1 amide bonds. The number of nitrogens with two attached hydrogens (primary N) is 1. The fourth-order valence-corrected chi connectivity index (χ4v) is 4.42. The lowest BCUT2D eigenvalue weighted by Gasteiger charge is -2.23. The number of carbonyl (C=O) groups excluding carboxylic acids is 1. The lowest BCUT2D eigenvalue weighted by Crippen LogP contribution is -2.23. The summed E-state index contributed by atoms with van der Waals surface area (Å²) in [5, 5.41) is 22.0. The molecule has 6 heteroatoms. The number of nitrogen functional groups attached to an aromatic ring is 1. The van der Waals surface area contributed by atoms with Crippen molar-refractivity contribution in [3.05, 3.63) is 89.0 Å². The van der Waals surface area contributed by atoms with Crippen LogP contribution < -0.4 is 15.8 Å². The van der Waals surface area contributed by atoms with Gasteiger partial charge in [-0.3, -0.25) is 5.32 Å². The van der Waals surface area contributed by atoms with Crippen molar-refractivity contribution in [2.75, 3.05) is 11.1 Å². The fraction of sp³-hybridized carbons (Fsp3) is 0.296. The predicted octanol–water partition coefficient (Wildman–Crippen LogP) is 4.27. The van der Waals surface area contributed by atoms with Crippen molar-refractivity contribution in [2.45, 2.75) is 50.7 Å². The molecule has 5 rings (SSSR count). The van der Waals surface area contributed by atoms with E-state index in [0.29, 0.717) is 17.9 Å². The quantitative estimate of drug-likeness (QED) is 0.440. The first kappa shape index (κ1) is 22.8. The molecular weight excluding hydrogens is 416 g/mol. The molecule has 2 unspecified atom stereocenters. The Kier molecular flexibility index (Phi) is 7.27. The number of fused-ring (bicyclic) bond motifs is 2. The number of aryl methyl sites for hydroxylation is 2. The Morgan fingerprint density at radius 1 is 0.818 bits per heavy atom. The second-order valence-corrected chi connectivity index (χ2v) is 8.55. The van der Waals surface area contributed by atoms with Gasteiger partial charge in [-0.2, -0.15) is 0 Å². The van der Waals surface area contributed by atoms with Gasteiger partial charge in [-0.1, -0.05) is 42.5 Å². The van der Waals surface area contributed by atoms with E-state index in [4.69, 9.17) is 10.5 Å². The number of aliphatic hydroxyl groups excluding tert-OH is 2. The molecule has 0 saturated carbocycles. The van der Waals surface area contributed by atoms with Crippen LogP contribution in [-0.4, -0.2) is 28.5 Å². The normalized spacial score (nSPS) is 18.7. The second kappa shape index (κ2) is 10.5. The van der Waals surface area contributed by atoms with Crippen LogP contribution in [0.3, 0.4) is 0 Å². The van der Waals surface area contributed by atoms with E-state index in [0.717, 1.165) is 48.9 Å². The highest BCUT2D eigenvalue weighted by Crippen LogP contribution is 2.28. The van der Waals surface area contributed by atoms with E-state index in [2.05, 4.69) is 11.4 Å². The fourth-order valence-electron chi connectivity index (χ4n) is 4.42. The molecule has 33 heavy (non-hydrogen) atoms. The molecule has 3 aromatic carbocycles. The number of amides is 1. The van der Waals surface area contributed by atoms with Crippen molar-refractivity contribution in [1.29, 1.82) is 0 Å². The van der Waals surface area contributed by atoms with E-state index >= 15 is 0 Å². The highest BCUT2D eigenvalue weighted by atomic mass is 16.6. The molecule has 0 bridgehead atoms. The largest absolute Gasteiger partial charge is 0.417 e. The number of aliphatic hydroxyl groups is 2. The number of anilines is 2. The van der Waals surface area contributed by atoms with E-state index in [-0.39, 0.29) is 12.2 Å². The number of carbonyl (C=O) groups is 1. The zero-order valence-electron chi connectivity index (χ0n) is 18.5. The summed E-state index contributed by atoms with van der Waals surface area (Å²) >= 11 is 0. The maximum Gasteiger partial charge on any atom is 0.417 e. The highest BCUT2D eigenvalue weighted by Gasteiger charge is 2.20. The number of hydrogen-bond donors (Lipinski definition) is 4. The minimum absolute atomic E-state index is 0.192. The van der Waals surface area contributed by atoms with Gasteiger partial charge >= 0.3 is 6.09 Å². The first-order valence-corrected chi connectivity index (χ1v) is 11.4. The molecule has 0 radical (unpaired) electrons. The van der Waals surface area contributed by atoms with Gasteiger partial charge in [-0.25, -0.2) is 4.79 Å². The van der Waals surface area contributed by atoms with Crippen LogP contribution in [0.2, 0.25) is 0 Å². The zero-order chi connectivity index (χ0) is 23.2. The SMILES string of the molecule is Nc1cccc2c1CC(O)CC2.O=C(Nc1cccc2c1CC(O)CC2)Oc1ccccc1. The maximum absolute atomic E-state index is 12.0. The van der Waals surface area contributed by atoms with Gasteiger partial charge in [-0.05, 0) is 72.2 Å². The Labute approximate surface area is 194 Å². The van der Waals surface area contributed by atoms with Crippen molar-refractivity contribution in [3.8, 4) is 5.75 Å². The summed E-state index contributed by atoms with van der Waals surface area (Å²) in [7, 11) is 0. The molecule has 0 spiro atoms. The predicted molar refractivity (Wildman–Crippen MR) is 129 cm³/mol. The third kappa shape index (κ3) is 5.92. The maximum atomic E-state index is 12.0. The van der Waals surface area contributed by atoms with Crippen LogP contribution in [0.15, 0.2) is 66.7 Å².